The minimum absolute atomic E-state index is 0.116. The Hall–Kier alpha value is -1.95. The minimum atomic E-state index is -4.08. The van der Waals surface area contributed by atoms with Crippen LogP contribution in [0, 0.1) is 6.92 Å². The van der Waals surface area contributed by atoms with E-state index in [1.165, 1.54) is 19.1 Å². The van der Waals surface area contributed by atoms with Gasteiger partial charge in [-0.3, -0.25) is 4.79 Å². The number of carbonyl (C=O) groups excluding carboxylic acids is 1. The van der Waals surface area contributed by atoms with E-state index in [1.807, 2.05) is 0 Å². The second kappa shape index (κ2) is 5.44. The molecule has 2 aromatic rings. The zero-order valence-electron chi connectivity index (χ0n) is 11.2. The van der Waals surface area contributed by atoms with E-state index in [-0.39, 0.29) is 22.6 Å². The molecule has 0 spiro atoms. The second-order valence-electron chi connectivity index (χ2n) is 4.37. The Morgan fingerprint density at radius 3 is 2.71 bits per heavy atom. The Balaban J connectivity index is 2.67. The van der Waals surface area contributed by atoms with Gasteiger partial charge in [0.1, 0.15) is 17.4 Å². The van der Waals surface area contributed by atoms with E-state index in [4.69, 9.17) is 16.0 Å². The second-order valence-corrected chi connectivity index (χ2v) is 4.78. The molecule has 1 heterocycles. The van der Waals surface area contributed by atoms with E-state index < -0.39 is 22.9 Å². The van der Waals surface area contributed by atoms with Gasteiger partial charge in [0, 0.05) is 5.02 Å². The predicted molar refractivity (Wildman–Crippen MR) is 72.8 cm³/mol. The van der Waals surface area contributed by atoms with Crippen LogP contribution >= 0.6 is 11.6 Å². The van der Waals surface area contributed by atoms with Crippen molar-refractivity contribution >= 4 is 28.5 Å². The van der Waals surface area contributed by atoms with Crippen molar-refractivity contribution in [1.82, 2.24) is 0 Å². The number of carbonyl (C=O) groups is 1. The van der Waals surface area contributed by atoms with Crippen molar-refractivity contribution in [2.24, 2.45) is 0 Å². The first kappa shape index (κ1) is 15.4. The number of hydrogen-bond acceptors (Lipinski definition) is 4. The molecular weight excluding hydrogens is 306 g/mol. The van der Waals surface area contributed by atoms with Crippen LogP contribution in [0.4, 0.5) is 8.78 Å². The number of benzene rings is 1. The number of hydrogen-bond donors (Lipinski definition) is 0. The van der Waals surface area contributed by atoms with E-state index in [0.717, 1.165) is 0 Å². The molecule has 0 aliphatic carbocycles. The zero-order chi connectivity index (χ0) is 15.8. The molecule has 1 aromatic heterocycles. The predicted octanol–water partition coefficient (Wildman–Crippen LogP) is 3.41. The average molecular weight is 317 g/mol. The van der Waals surface area contributed by atoms with Crippen LogP contribution in [0.25, 0.3) is 11.0 Å². The van der Waals surface area contributed by atoms with Crippen molar-refractivity contribution < 1.29 is 22.7 Å². The van der Waals surface area contributed by atoms with Gasteiger partial charge in [-0.25, -0.2) is 4.79 Å². The highest BCUT2D eigenvalue weighted by Gasteiger charge is 2.45. The summed E-state index contributed by atoms with van der Waals surface area (Å²) in [6, 6.07) is 2.70. The number of aryl methyl sites for hydroxylation is 1. The third-order valence-electron chi connectivity index (χ3n) is 2.92. The van der Waals surface area contributed by atoms with Crippen LogP contribution in [-0.2, 0) is 15.5 Å². The van der Waals surface area contributed by atoms with E-state index in [9.17, 15) is 18.4 Å². The fraction of sp³-hybridized carbons (Fsp3) is 0.286. The van der Waals surface area contributed by atoms with Crippen molar-refractivity contribution in [3.05, 3.63) is 44.8 Å². The van der Waals surface area contributed by atoms with Gasteiger partial charge in [0.05, 0.1) is 12.0 Å². The van der Waals surface area contributed by atoms with Crippen LogP contribution in [-0.4, -0.2) is 12.6 Å². The summed E-state index contributed by atoms with van der Waals surface area (Å²) in [5.74, 6) is -5.88. The summed E-state index contributed by atoms with van der Waals surface area (Å²) in [6.07, 6.45) is 0.578. The maximum Gasteiger partial charge on any atom is 0.382 e. The van der Waals surface area contributed by atoms with Crippen molar-refractivity contribution in [2.75, 3.05) is 6.61 Å². The lowest BCUT2D eigenvalue weighted by Gasteiger charge is -2.14. The summed E-state index contributed by atoms with van der Waals surface area (Å²) < 4.78 is 37.2. The number of rotatable bonds is 3. The Labute approximate surface area is 123 Å². The summed E-state index contributed by atoms with van der Waals surface area (Å²) in [5, 5.41) is 0.124. The van der Waals surface area contributed by atoms with Gasteiger partial charge in [-0.1, -0.05) is 11.6 Å². The molecule has 0 radical (unpaired) electrons. The summed E-state index contributed by atoms with van der Waals surface area (Å²) in [6.45, 7) is 2.85. The lowest BCUT2D eigenvalue weighted by atomic mass is 10.1. The third-order valence-corrected chi connectivity index (χ3v) is 3.33. The summed E-state index contributed by atoms with van der Waals surface area (Å²) in [7, 11) is 0. The molecule has 1 aromatic carbocycles. The largest absolute Gasteiger partial charge is 0.464 e. The molecule has 21 heavy (non-hydrogen) atoms. The fourth-order valence-corrected chi connectivity index (χ4v) is 1.96. The molecule has 0 fully saturated rings. The molecule has 0 bridgehead atoms. The number of alkyl halides is 2. The topological polar surface area (TPSA) is 56.5 Å². The smallest absolute Gasteiger partial charge is 0.382 e. The highest BCUT2D eigenvalue weighted by atomic mass is 35.5. The Bertz CT molecular complexity index is 767. The number of fused-ring (bicyclic) bond motifs is 1. The van der Waals surface area contributed by atoms with Crippen LogP contribution < -0.4 is 5.43 Å². The summed E-state index contributed by atoms with van der Waals surface area (Å²) in [4.78, 5) is 23.4. The van der Waals surface area contributed by atoms with Crippen molar-refractivity contribution in [1.29, 1.82) is 0 Å². The number of halogens is 3. The summed E-state index contributed by atoms with van der Waals surface area (Å²) >= 11 is 5.88. The molecule has 0 saturated heterocycles. The first-order chi connectivity index (χ1) is 9.78. The first-order valence-corrected chi connectivity index (χ1v) is 6.44. The number of ether oxygens (including phenoxy) is 1. The molecule has 0 aliphatic heterocycles. The molecule has 0 aliphatic rings. The van der Waals surface area contributed by atoms with Gasteiger partial charge >= 0.3 is 11.9 Å². The quantitative estimate of drug-likeness (QED) is 0.814. The standard InChI is InChI=1S/C14H11ClF2O4/c1-3-20-13(19)14(16,17)9-6-21-11-4-7(2)10(15)5-8(11)12(9)18/h4-6H,3H2,1-2H3. The molecule has 0 atom stereocenters. The zero-order valence-corrected chi connectivity index (χ0v) is 12.0. The monoisotopic (exact) mass is 316 g/mol. The van der Waals surface area contributed by atoms with Gasteiger partial charge in [-0.15, -0.1) is 0 Å². The summed E-state index contributed by atoms with van der Waals surface area (Å²) in [5.41, 5.74) is -1.34. The lowest BCUT2D eigenvalue weighted by Crippen LogP contribution is -2.33. The Kier molecular flexibility index (Phi) is 4.00. The third kappa shape index (κ3) is 2.63. The molecular formula is C14H11ClF2O4. The highest BCUT2D eigenvalue weighted by molar-refractivity contribution is 6.32. The maximum atomic E-state index is 13.9. The maximum absolute atomic E-state index is 13.9. The van der Waals surface area contributed by atoms with Crippen molar-refractivity contribution in [2.45, 2.75) is 19.8 Å². The van der Waals surface area contributed by atoms with E-state index in [1.54, 1.807) is 6.92 Å². The van der Waals surface area contributed by atoms with Crippen molar-refractivity contribution in [3.63, 3.8) is 0 Å². The molecule has 0 saturated carbocycles. The van der Waals surface area contributed by atoms with E-state index >= 15 is 0 Å². The molecule has 0 unspecified atom stereocenters. The molecule has 2 rings (SSSR count). The Morgan fingerprint density at radius 1 is 1.43 bits per heavy atom. The fourth-order valence-electron chi connectivity index (χ4n) is 1.80. The van der Waals surface area contributed by atoms with Gasteiger partial charge < -0.3 is 9.15 Å². The van der Waals surface area contributed by atoms with Crippen LogP contribution in [0.5, 0.6) is 0 Å². The van der Waals surface area contributed by atoms with Gasteiger partial charge in [0.25, 0.3) is 0 Å². The van der Waals surface area contributed by atoms with Crippen LogP contribution in [0.2, 0.25) is 5.02 Å². The SMILES string of the molecule is CCOC(=O)C(F)(F)c1coc2cc(C)c(Cl)cc2c1=O. The van der Waals surface area contributed by atoms with Gasteiger partial charge in [0.15, 0.2) is 0 Å². The molecule has 0 N–H and O–H groups in total. The number of esters is 1. The molecule has 112 valence electrons. The highest BCUT2D eigenvalue weighted by Crippen LogP contribution is 2.30. The van der Waals surface area contributed by atoms with Crippen LogP contribution in [0.1, 0.15) is 18.1 Å². The first-order valence-electron chi connectivity index (χ1n) is 6.06. The Morgan fingerprint density at radius 2 is 2.10 bits per heavy atom. The van der Waals surface area contributed by atoms with Crippen LogP contribution in [0.15, 0.2) is 27.6 Å². The van der Waals surface area contributed by atoms with Crippen molar-refractivity contribution in [3.8, 4) is 0 Å². The molecule has 0 amide bonds. The average Bonchev–Trinajstić information content (AvgIpc) is 2.41. The molecule has 7 heteroatoms. The molecule has 4 nitrogen and oxygen atoms in total. The van der Waals surface area contributed by atoms with Gasteiger partial charge in [0.2, 0.25) is 5.43 Å². The van der Waals surface area contributed by atoms with Gasteiger partial charge in [-0.05, 0) is 31.5 Å². The van der Waals surface area contributed by atoms with E-state index in [2.05, 4.69) is 4.74 Å². The van der Waals surface area contributed by atoms with Gasteiger partial charge in [-0.2, -0.15) is 8.78 Å². The minimum Gasteiger partial charge on any atom is -0.464 e. The lowest BCUT2D eigenvalue weighted by molar-refractivity contribution is -0.173. The van der Waals surface area contributed by atoms with Crippen LogP contribution in [0.3, 0.4) is 0 Å². The van der Waals surface area contributed by atoms with E-state index in [0.29, 0.717) is 11.8 Å². The normalized spacial score (nSPS) is 11.7.